The average molecular weight is 394 g/mol. The van der Waals surface area contributed by atoms with E-state index in [0.717, 1.165) is 6.20 Å². The van der Waals surface area contributed by atoms with E-state index in [0.29, 0.717) is 18.5 Å². The van der Waals surface area contributed by atoms with Crippen molar-refractivity contribution >= 4 is 29.5 Å². The van der Waals surface area contributed by atoms with Gasteiger partial charge in [0, 0.05) is 6.20 Å². The van der Waals surface area contributed by atoms with Gasteiger partial charge in [0.25, 0.3) is 0 Å². The summed E-state index contributed by atoms with van der Waals surface area (Å²) in [4.78, 5) is 6.91. The highest BCUT2D eigenvalue weighted by Crippen LogP contribution is 2.40. The van der Waals surface area contributed by atoms with Crippen LogP contribution >= 0.6 is 23.2 Å². The van der Waals surface area contributed by atoms with Crippen molar-refractivity contribution in [3.63, 3.8) is 0 Å². The molecule has 2 heterocycles. The summed E-state index contributed by atoms with van der Waals surface area (Å²) in [7, 11) is 0. The van der Waals surface area contributed by atoms with Gasteiger partial charge in [-0.2, -0.15) is 26.3 Å². The zero-order valence-electron chi connectivity index (χ0n) is 11.3. The third kappa shape index (κ3) is 3.76. The highest BCUT2D eigenvalue weighted by molar-refractivity contribution is 6.30. The van der Waals surface area contributed by atoms with Crippen molar-refractivity contribution in [3.8, 4) is 0 Å². The summed E-state index contributed by atoms with van der Waals surface area (Å²) in [6.45, 7) is 0. The molecule has 0 saturated carbocycles. The van der Waals surface area contributed by atoms with E-state index in [4.69, 9.17) is 23.2 Å². The Morgan fingerprint density at radius 1 is 1.17 bits per heavy atom. The molecule has 2 unspecified atom stereocenters. The largest absolute Gasteiger partial charge is 0.417 e. The summed E-state index contributed by atoms with van der Waals surface area (Å²) in [5.74, 6) is 0. The normalized spacial score (nSPS) is 20.1. The Hall–Kier alpha value is -1.52. The second kappa shape index (κ2) is 6.41. The first kappa shape index (κ1) is 18.8. The molecular formula is C12H7Cl2F6N3O. The fourth-order valence-electron chi connectivity index (χ4n) is 2.02. The summed E-state index contributed by atoms with van der Waals surface area (Å²) in [6.07, 6.45) is -10.6. The molecule has 0 fully saturated rings. The summed E-state index contributed by atoms with van der Waals surface area (Å²) < 4.78 is 78.4. The lowest BCUT2D eigenvalue weighted by molar-refractivity contribution is -0.178. The molecule has 2 atom stereocenters. The van der Waals surface area contributed by atoms with E-state index in [9.17, 15) is 31.4 Å². The molecule has 132 valence electrons. The molecule has 0 amide bonds. The van der Waals surface area contributed by atoms with E-state index >= 15 is 0 Å². The van der Waals surface area contributed by atoms with Crippen molar-refractivity contribution < 1.29 is 31.4 Å². The van der Waals surface area contributed by atoms with Crippen molar-refractivity contribution in [1.29, 1.82) is 0 Å². The van der Waals surface area contributed by atoms with Gasteiger partial charge in [-0.25, -0.2) is 9.98 Å². The Morgan fingerprint density at radius 3 is 2.33 bits per heavy atom. The highest BCUT2D eigenvalue weighted by atomic mass is 35.5. The Kier molecular flexibility index (Phi) is 5.03. The molecule has 0 saturated heterocycles. The number of pyridine rings is 1. The molecule has 12 heteroatoms. The van der Waals surface area contributed by atoms with Crippen molar-refractivity contribution in [3.05, 3.63) is 39.8 Å². The van der Waals surface area contributed by atoms with Gasteiger partial charge in [0.1, 0.15) is 16.4 Å². The van der Waals surface area contributed by atoms with Crippen LogP contribution in [0.15, 0.2) is 28.5 Å². The number of hydrogen-bond donors (Lipinski definition) is 1. The molecule has 1 aromatic heterocycles. The van der Waals surface area contributed by atoms with Gasteiger partial charge >= 0.3 is 12.4 Å². The first-order chi connectivity index (χ1) is 10.9. The van der Waals surface area contributed by atoms with Crippen LogP contribution < -0.4 is 0 Å². The molecule has 2 rings (SSSR count). The van der Waals surface area contributed by atoms with Crippen LogP contribution in [0.25, 0.3) is 0 Å². The fourth-order valence-corrected chi connectivity index (χ4v) is 2.44. The second-order valence-electron chi connectivity index (χ2n) is 4.60. The fraction of sp³-hybridized carbons (Fsp3) is 0.333. The van der Waals surface area contributed by atoms with Gasteiger partial charge in [-0.05, 0) is 12.1 Å². The first-order valence-corrected chi connectivity index (χ1v) is 6.84. The molecule has 1 aromatic rings. The maximum Gasteiger partial charge on any atom is 0.417 e. The highest BCUT2D eigenvalue weighted by Gasteiger charge is 2.47. The second-order valence-corrected chi connectivity index (χ2v) is 5.35. The van der Waals surface area contributed by atoms with Crippen LogP contribution in [-0.2, 0) is 6.18 Å². The lowest BCUT2D eigenvalue weighted by atomic mass is 10.1. The van der Waals surface area contributed by atoms with Gasteiger partial charge in [0.15, 0.2) is 6.23 Å². The summed E-state index contributed by atoms with van der Waals surface area (Å²) in [5.41, 5.74) is -2.43. The van der Waals surface area contributed by atoms with Gasteiger partial charge < -0.3 is 10.0 Å². The van der Waals surface area contributed by atoms with Crippen molar-refractivity contribution in [1.82, 2.24) is 9.88 Å². The first-order valence-electron chi connectivity index (χ1n) is 6.08. The summed E-state index contributed by atoms with van der Waals surface area (Å²) >= 11 is 11.0. The minimum atomic E-state index is -4.96. The number of aliphatic hydroxyl groups excluding tert-OH is 1. The molecular weight excluding hydrogens is 387 g/mol. The third-order valence-electron chi connectivity index (χ3n) is 3.05. The Morgan fingerprint density at radius 2 is 1.79 bits per heavy atom. The van der Waals surface area contributed by atoms with E-state index in [-0.39, 0.29) is 4.90 Å². The smallest absolute Gasteiger partial charge is 0.369 e. The Labute approximate surface area is 141 Å². The number of aliphatic hydroxyl groups is 1. The molecule has 0 aliphatic carbocycles. The number of rotatable bonds is 2. The third-order valence-corrected chi connectivity index (χ3v) is 3.58. The minimum Gasteiger partial charge on any atom is -0.369 e. The SMILES string of the molecule is OC(c1c(C(F)(F)F)ccnc1Cl)N1C=NC(Cl)=CC1C(F)(F)F. The molecule has 1 N–H and O–H groups in total. The van der Waals surface area contributed by atoms with Crippen LogP contribution in [0.3, 0.4) is 0 Å². The molecule has 0 spiro atoms. The van der Waals surface area contributed by atoms with Gasteiger partial charge in [0.05, 0.1) is 17.5 Å². The van der Waals surface area contributed by atoms with Crippen LogP contribution in [0.1, 0.15) is 17.4 Å². The van der Waals surface area contributed by atoms with Crippen molar-refractivity contribution in [2.24, 2.45) is 4.99 Å². The number of hydrogen-bond acceptors (Lipinski definition) is 4. The van der Waals surface area contributed by atoms with E-state index < -0.39 is 46.1 Å². The molecule has 1 aliphatic rings. The van der Waals surface area contributed by atoms with Crippen LogP contribution in [0, 0.1) is 0 Å². The van der Waals surface area contributed by atoms with Gasteiger partial charge in [0.2, 0.25) is 0 Å². The van der Waals surface area contributed by atoms with Crippen LogP contribution in [0.5, 0.6) is 0 Å². The van der Waals surface area contributed by atoms with Crippen LogP contribution in [-0.4, -0.2) is 33.5 Å². The summed E-state index contributed by atoms with van der Waals surface area (Å²) in [6, 6.07) is -1.99. The minimum absolute atomic E-state index is 0.157. The Balaban J connectivity index is 2.53. The molecule has 24 heavy (non-hydrogen) atoms. The molecule has 0 radical (unpaired) electrons. The quantitative estimate of drug-likeness (QED) is 0.467. The number of alkyl halides is 6. The predicted octanol–water partition coefficient (Wildman–Crippen LogP) is 4.10. The average Bonchev–Trinajstić information content (AvgIpc) is 2.44. The van der Waals surface area contributed by atoms with Gasteiger partial charge in [-0.15, -0.1) is 0 Å². The predicted molar refractivity (Wildman–Crippen MR) is 73.3 cm³/mol. The lowest BCUT2D eigenvalue weighted by Crippen LogP contribution is -2.47. The topological polar surface area (TPSA) is 48.7 Å². The molecule has 0 bridgehead atoms. The van der Waals surface area contributed by atoms with Crippen molar-refractivity contribution in [2.75, 3.05) is 0 Å². The molecule has 1 aliphatic heterocycles. The van der Waals surface area contributed by atoms with Gasteiger partial charge in [-0.3, -0.25) is 0 Å². The van der Waals surface area contributed by atoms with E-state index in [1.54, 1.807) is 0 Å². The number of aliphatic imine (C=N–C) groups is 1. The molecule has 0 aromatic carbocycles. The summed E-state index contributed by atoms with van der Waals surface area (Å²) in [5, 5.41) is 8.82. The maximum absolute atomic E-state index is 13.1. The van der Waals surface area contributed by atoms with Crippen molar-refractivity contribution in [2.45, 2.75) is 24.6 Å². The van der Waals surface area contributed by atoms with Gasteiger partial charge in [-0.1, -0.05) is 23.2 Å². The lowest BCUT2D eigenvalue weighted by Gasteiger charge is -2.35. The maximum atomic E-state index is 13.1. The number of aromatic nitrogens is 1. The number of halogens is 8. The zero-order chi connectivity index (χ0) is 18.3. The van der Waals surface area contributed by atoms with E-state index in [1.807, 2.05) is 0 Å². The van der Waals surface area contributed by atoms with Crippen LogP contribution in [0.2, 0.25) is 5.15 Å². The monoisotopic (exact) mass is 393 g/mol. The van der Waals surface area contributed by atoms with E-state index in [2.05, 4.69) is 9.98 Å². The van der Waals surface area contributed by atoms with Crippen LogP contribution in [0.4, 0.5) is 26.3 Å². The molecule has 4 nitrogen and oxygen atoms in total. The number of nitrogens with zero attached hydrogens (tertiary/aromatic N) is 3. The van der Waals surface area contributed by atoms with E-state index in [1.165, 1.54) is 0 Å². The standard InChI is InChI=1S/C12H7Cl2F6N3O/c13-7-3-6(12(18,19)20)23(4-22-7)10(24)8-5(11(15,16)17)1-2-21-9(8)14/h1-4,6,10,24H. The zero-order valence-corrected chi connectivity index (χ0v) is 12.8. The Bertz CT molecular complexity index is 688.